The van der Waals surface area contributed by atoms with Gasteiger partial charge in [0.1, 0.15) is 0 Å². The van der Waals surface area contributed by atoms with Gasteiger partial charge in [0.25, 0.3) is 6.43 Å². The Labute approximate surface area is 95.0 Å². The van der Waals surface area contributed by atoms with Crippen LogP contribution in [0.2, 0.25) is 0 Å². The monoisotopic (exact) mass is 250 g/mol. The van der Waals surface area contributed by atoms with Gasteiger partial charge in [-0.25, -0.2) is 8.78 Å². The Morgan fingerprint density at radius 2 is 2.25 bits per heavy atom. The van der Waals surface area contributed by atoms with Crippen molar-refractivity contribution in [1.29, 1.82) is 0 Å². The lowest BCUT2D eigenvalue weighted by Crippen LogP contribution is -2.09. The molecule has 0 unspecified atom stereocenters. The minimum absolute atomic E-state index is 0.0760. The van der Waals surface area contributed by atoms with Crippen molar-refractivity contribution in [3.8, 4) is 0 Å². The number of halogens is 3. The van der Waals surface area contributed by atoms with Gasteiger partial charge in [-0.15, -0.1) is 11.6 Å². The number of hydrogen-bond acceptors (Lipinski definition) is 3. The van der Waals surface area contributed by atoms with E-state index in [-0.39, 0.29) is 29.4 Å². The Morgan fingerprint density at radius 3 is 2.69 bits per heavy atom. The highest BCUT2D eigenvalue weighted by Gasteiger charge is 2.19. The maximum atomic E-state index is 12.6. The van der Waals surface area contributed by atoms with Crippen LogP contribution in [0.4, 0.5) is 14.5 Å². The van der Waals surface area contributed by atoms with Crippen molar-refractivity contribution in [2.75, 3.05) is 5.73 Å². The SMILES string of the molecule is Nc1cc(CC(=O)O)nc(CCl)c1C(F)F. The summed E-state index contributed by atoms with van der Waals surface area (Å²) in [5.41, 5.74) is 4.83. The summed E-state index contributed by atoms with van der Waals surface area (Å²) >= 11 is 5.46. The molecule has 3 N–H and O–H groups in total. The van der Waals surface area contributed by atoms with E-state index >= 15 is 0 Å². The van der Waals surface area contributed by atoms with Crippen molar-refractivity contribution in [1.82, 2.24) is 4.98 Å². The Bertz CT molecular complexity index is 413. The van der Waals surface area contributed by atoms with Crippen LogP contribution >= 0.6 is 11.6 Å². The summed E-state index contributed by atoms with van der Waals surface area (Å²) in [5.74, 6) is -1.35. The second kappa shape index (κ2) is 5.07. The van der Waals surface area contributed by atoms with Crippen LogP contribution in [0.25, 0.3) is 0 Å². The van der Waals surface area contributed by atoms with Gasteiger partial charge in [-0.1, -0.05) is 0 Å². The molecule has 0 fully saturated rings. The van der Waals surface area contributed by atoms with Crippen molar-refractivity contribution in [3.63, 3.8) is 0 Å². The predicted molar refractivity (Wildman–Crippen MR) is 54.5 cm³/mol. The van der Waals surface area contributed by atoms with Gasteiger partial charge in [-0.2, -0.15) is 0 Å². The molecule has 0 aliphatic carbocycles. The number of rotatable bonds is 4. The van der Waals surface area contributed by atoms with Gasteiger partial charge >= 0.3 is 5.97 Å². The molecule has 1 rings (SSSR count). The summed E-state index contributed by atoms with van der Waals surface area (Å²) in [4.78, 5) is 14.2. The summed E-state index contributed by atoms with van der Waals surface area (Å²) in [7, 11) is 0. The maximum absolute atomic E-state index is 12.6. The van der Waals surface area contributed by atoms with Crippen LogP contribution in [0.15, 0.2) is 6.07 Å². The van der Waals surface area contributed by atoms with E-state index in [2.05, 4.69) is 4.98 Å². The average molecular weight is 251 g/mol. The van der Waals surface area contributed by atoms with Crippen LogP contribution in [0.1, 0.15) is 23.4 Å². The van der Waals surface area contributed by atoms with E-state index in [4.69, 9.17) is 22.4 Å². The highest BCUT2D eigenvalue weighted by Crippen LogP contribution is 2.29. The molecule has 0 atom stereocenters. The van der Waals surface area contributed by atoms with Crippen molar-refractivity contribution in [3.05, 3.63) is 23.0 Å². The van der Waals surface area contributed by atoms with E-state index in [1.54, 1.807) is 0 Å². The van der Waals surface area contributed by atoms with E-state index in [9.17, 15) is 13.6 Å². The number of aromatic nitrogens is 1. The zero-order valence-corrected chi connectivity index (χ0v) is 8.84. The molecule has 0 aliphatic rings. The minimum Gasteiger partial charge on any atom is -0.481 e. The van der Waals surface area contributed by atoms with E-state index in [0.717, 1.165) is 6.07 Å². The molecule has 4 nitrogen and oxygen atoms in total. The van der Waals surface area contributed by atoms with E-state index in [1.165, 1.54) is 0 Å². The first-order valence-corrected chi connectivity index (χ1v) is 4.83. The molecule has 1 aromatic rings. The molecule has 0 spiro atoms. The van der Waals surface area contributed by atoms with Crippen LogP contribution in [0.5, 0.6) is 0 Å². The second-order valence-electron chi connectivity index (χ2n) is 3.07. The largest absolute Gasteiger partial charge is 0.481 e. The van der Waals surface area contributed by atoms with Gasteiger partial charge in [-0.05, 0) is 6.07 Å². The lowest BCUT2D eigenvalue weighted by molar-refractivity contribution is -0.136. The molecule has 0 aliphatic heterocycles. The fourth-order valence-electron chi connectivity index (χ4n) is 1.29. The molecular formula is C9H9ClF2N2O2. The lowest BCUT2D eigenvalue weighted by Gasteiger charge is -2.10. The number of pyridine rings is 1. The zero-order valence-electron chi connectivity index (χ0n) is 8.08. The fraction of sp³-hybridized carbons (Fsp3) is 0.333. The number of aliphatic carboxylic acids is 1. The molecule has 0 amide bonds. The standard InChI is InChI=1S/C9H9ClF2N2O2/c10-3-6-8(9(11)12)5(13)1-4(14-6)2-7(15)16/h1,9H,2-3H2,(H2,13,14)(H,15,16). The predicted octanol–water partition coefficient (Wildman–Crippen LogP) is 1.97. The number of nitrogen functional groups attached to an aromatic ring is 1. The number of carbonyl (C=O) groups is 1. The molecular weight excluding hydrogens is 242 g/mol. The van der Waals surface area contributed by atoms with Gasteiger partial charge in [0, 0.05) is 5.69 Å². The van der Waals surface area contributed by atoms with Crippen molar-refractivity contribution in [2.45, 2.75) is 18.7 Å². The first kappa shape index (κ1) is 12.6. The minimum atomic E-state index is -2.78. The second-order valence-corrected chi connectivity index (χ2v) is 3.34. The molecule has 0 saturated heterocycles. The smallest absolute Gasteiger partial charge is 0.309 e. The summed E-state index contributed by atoms with van der Waals surface area (Å²) < 4.78 is 25.1. The van der Waals surface area contributed by atoms with Gasteiger partial charge in [-0.3, -0.25) is 9.78 Å². The molecule has 88 valence electrons. The van der Waals surface area contributed by atoms with Gasteiger partial charge < -0.3 is 10.8 Å². The molecule has 1 aromatic heterocycles. The highest BCUT2D eigenvalue weighted by molar-refractivity contribution is 6.17. The first-order chi connectivity index (χ1) is 7.45. The van der Waals surface area contributed by atoms with Gasteiger partial charge in [0.05, 0.1) is 29.3 Å². The fourth-order valence-corrected chi connectivity index (χ4v) is 1.49. The molecule has 0 saturated carbocycles. The number of nitrogens with zero attached hydrogens (tertiary/aromatic N) is 1. The Balaban J connectivity index is 3.20. The topological polar surface area (TPSA) is 76.2 Å². The highest BCUT2D eigenvalue weighted by atomic mass is 35.5. The summed E-state index contributed by atoms with van der Waals surface area (Å²) in [6.07, 6.45) is -3.16. The Hall–Kier alpha value is -1.43. The number of carboxylic acids is 1. The van der Waals surface area contributed by atoms with Gasteiger partial charge in [0.2, 0.25) is 0 Å². The van der Waals surface area contributed by atoms with Crippen molar-refractivity contribution in [2.24, 2.45) is 0 Å². The lowest BCUT2D eigenvalue weighted by atomic mass is 10.1. The third kappa shape index (κ3) is 2.79. The van der Waals surface area contributed by atoms with E-state index < -0.39 is 18.0 Å². The number of anilines is 1. The van der Waals surface area contributed by atoms with Crippen molar-refractivity contribution >= 4 is 23.3 Å². The number of nitrogens with two attached hydrogens (primary N) is 1. The first-order valence-electron chi connectivity index (χ1n) is 4.29. The number of alkyl halides is 3. The molecule has 0 radical (unpaired) electrons. The summed E-state index contributed by atoms with van der Waals surface area (Å²) in [5, 5.41) is 8.54. The quantitative estimate of drug-likeness (QED) is 0.801. The molecule has 0 aromatic carbocycles. The summed E-state index contributed by atoms with van der Waals surface area (Å²) in [6, 6.07) is 1.13. The molecule has 1 heterocycles. The van der Waals surface area contributed by atoms with Crippen molar-refractivity contribution < 1.29 is 18.7 Å². The van der Waals surface area contributed by atoms with Crippen LogP contribution in [-0.2, 0) is 17.1 Å². The van der Waals surface area contributed by atoms with Crippen LogP contribution < -0.4 is 5.73 Å². The molecule has 16 heavy (non-hydrogen) atoms. The Kier molecular flexibility index (Phi) is 4.00. The Morgan fingerprint density at radius 1 is 1.62 bits per heavy atom. The number of carboxylic acid groups (broad SMARTS) is 1. The van der Waals surface area contributed by atoms with E-state index in [1.807, 2.05) is 0 Å². The van der Waals surface area contributed by atoms with Crippen LogP contribution in [0, 0.1) is 0 Å². The average Bonchev–Trinajstić information content (AvgIpc) is 2.14. The normalized spacial score (nSPS) is 10.8. The summed E-state index contributed by atoms with van der Waals surface area (Å²) in [6.45, 7) is 0. The third-order valence-electron chi connectivity index (χ3n) is 1.90. The van der Waals surface area contributed by atoms with Crippen LogP contribution in [0.3, 0.4) is 0 Å². The third-order valence-corrected chi connectivity index (χ3v) is 2.15. The van der Waals surface area contributed by atoms with E-state index in [0.29, 0.717) is 0 Å². The number of hydrogen-bond donors (Lipinski definition) is 2. The van der Waals surface area contributed by atoms with Gasteiger partial charge in [0.15, 0.2) is 0 Å². The molecule has 0 bridgehead atoms. The van der Waals surface area contributed by atoms with Crippen LogP contribution in [-0.4, -0.2) is 16.1 Å². The molecule has 7 heteroatoms. The maximum Gasteiger partial charge on any atom is 0.309 e. The zero-order chi connectivity index (χ0) is 12.3.